The summed E-state index contributed by atoms with van der Waals surface area (Å²) >= 11 is 0. The molecule has 0 radical (unpaired) electrons. The third-order valence-corrected chi connectivity index (χ3v) is 12.5. The van der Waals surface area contributed by atoms with Crippen molar-refractivity contribution < 1.29 is 78.3 Å². The summed E-state index contributed by atoms with van der Waals surface area (Å²) in [7, 11) is 0. The first kappa shape index (κ1) is 59.8. The Morgan fingerprint density at radius 3 is 1.75 bits per heavy atom. The summed E-state index contributed by atoms with van der Waals surface area (Å²) in [5.74, 6) is -10.8. The third kappa shape index (κ3) is 17.4. The van der Waals surface area contributed by atoms with Crippen LogP contribution in [0.3, 0.4) is 0 Å². The van der Waals surface area contributed by atoms with E-state index in [-0.39, 0.29) is 63.8 Å². The minimum atomic E-state index is -1.86. The van der Waals surface area contributed by atoms with Gasteiger partial charge >= 0.3 is 5.97 Å². The van der Waals surface area contributed by atoms with Gasteiger partial charge in [-0.05, 0) is 70.1 Å². The molecule has 0 bridgehead atoms. The van der Waals surface area contributed by atoms with Crippen LogP contribution in [0.25, 0.3) is 0 Å². The van der Waals surface area contributed by atoms with Gasteiger partial charge in [0.05, 0.1) is 31.2 Å². The van der Waals surface area contributed by atoms with E-state index in [0.29, 0.717) is 24.1 Å². The summed E-state index contributed by atoms with van der Waals surface area (Å²) in [5.41, 5.74) is 17.0. The molecule has 75 heavy (non-hydrogen) atoms. The first-order chi connectivity index (χ1) is 35.4. The number of aromatic amines is 1. The number of hydrogen-bond donors (Lipinski definition) is 15. The number of carbonyl (C=O) groups excluding carboxylic acids is 10. The number of hydrogen-bond acceptors (Lipinski definition) is 17. The highest BCUT2D eigenvalue weighted by atomic mass is 16.4. The van der Waals surface area contributed by atoms with Gasteiger partial charge < -0.3 is 89.4 Å². The Balaban J connectivity index is 1.54. The lowest BCUT2D eigenvalue weighted by molar-refractivity contribution is -0.150. The Kier molecular flexibility index (Phi) is 22.4. The summed E-state index contributed by atoms with van der Waals surface area (Å²) in [5, 5.41) is 64.9. The Morgan fingerprint density at radius 2 is 1.20 bits per heavy atom. The monoisotopic (exact) mass is 1060 g/mol. The van der Waals surface area contributed by atoms with Crippen molar-refractivity contribution >= 4 is 65.0 Å². The highest BCUT2D eigenvalue weighted by Gasteiger charge is 2.45. The standard InChI is InChI=1S/C46H67N13O16/c1-22(61)36(45(73)59-16-4-6-33(59)44(72)58-15-3-5-32(58)43(71)57-37(23(2)62)46(74)75)56-42(70)31(20-60)55-40(68)29(17-24-7-9-26(63)10-8-24)53-41(69)30(18-25-19-50-21-51-25)54-39(67)28(12-14-35(49)65)52-38(66)27(47)11-13-34(48)64/h7-10,19,21-23,27-33,36-37,60-63H,3-6,11-18,20,47H2,1-2H3,(H2,48,64)(H2,49,65)(H,50,51)(H,52,66)(H,53,69)(H,54,67)(H,55,68)(H,56,70)(H,57,71)(H,74,75)/t22-,23-,27+,28+,29+,30+,31+,32+,33+,36+,37+/m1/s1. The largest absolute Gasteiger partial charge is 0.508 e. The normalized spacial score (nSPS) is 18.9. The first-order valence-corrected chi connectivity index (χ1v) is 24.1. The number of aromatic hydroxyl groups is 1. The van der Waals surface area contributed by atoms with Crippen LogP contribution in [0.5, 0.6) is 5.75 Å². The van der Waals surface area contributed by atoms with Crippen LogP contribution in [0.15, 0.2) is 36.8 Å². The molecule has 18 N–H and O–H groups in total. The molecule has 2 aliphatic rings. The van der Waals surface area contributed by atoms with Gasteiger partial charge in [-0.25, -0.2) is 9.78 Å². The van der Waals surface area contributed by atoms with Gasteiger partial charge in [0.25, 0.3) is 0 Å². The van der Waals surface area contributed by atoms with E-state index in [1.807, 2.05) is 0 Å². The Morgan fingerprint density at radius 1 is 0.680 bits per heavy atom. The number of nitrogens with one attached hydrogen (secondary N) is 7. The molecule has 412 valence electrons. The Labute approximate surface area is 429 Å². The molecule has 29 heteroatoms. The second kappa shape index (κ2) is 28.1. The van der Waals surface area contributed by atoms with Crippen LogP contribution in [0.1, 0.15) is 76.5 Å². The molecular weight excluding hydrogens is 991 g/mol. The van der Waals surface area contributed by atoms with E-state index in [1.54, 1.807) is 0 Å². The van der Waals surface area contributed by atoms with Crippen molar-refractivity contribution in [3.05, 3.63) is 48.0 Å². The maximum atomic E-state index is 14.3. The second-order valence-electron chi connectivity index (χ2n) is 18.4. The van der Waals surface area contributed by atoms with Crippen molar-refractivity contribution in [2.24, 2.45) is 17.2 Å². The van der Waals surface area contributed by atoms with Crippen LogP contribution in [-0.4, -0.2) is 197 Å². The van der Waals surface area contributed by atoms with Gasteiger partial charge in [-0.15, -0.1) is 0 Å². The number of H-pyrrole nitrogens is 1. The zero-order valence-electron chi connectivity index (χ0n) is 41.3. The lowest BCUT2D eigenvalue weighted by Gasteiger charge is -2.34. The van der Waals surface area contributed by atoms with Gasteiger partial charge in [0.15, 0.2) is 6.04 Å². The first-order valence-electron chi connectivity index (χ1n) is 24.1. The highest BCUT2D eigenvalue weighted by Crippen LogP contribution is 2.26. The number of aliphatic hydroxyl groups excluding tert-OH is 3. The average Bonchev–Trinajstić information content (AvgIpc) is 4.17. The lowest BCUT2D eigenvalue weighted by Crippen LogP contribution is -2.62. The van der Waals surface area contributed by atoms with E-state index < -0.39 is 145 Å². The molecule has 0 unspecified atom stereocenters. The molecule has 2 aliphatic heterocycles. The average molecular weight is 1060 g/mol. The predicted octanol–water partition coefficient (Wildman–Crippen LogP) is -6.51. The van der Waals surface area contributed by atoms with E-state index in [2.05, 4.69) is 41.9 Å². The Hall–Kier alpha value is -7.76. The lowest BCUT2D eigenvalue weighted by atomic mass is 10.0. The number of aromatic nitrogens is 2. The van der Waals surface area contributed by atoms with Crippen LogP contribution < -0.4 is 49.1 Å². The van der Waals surface area contributed by atoms with Gasteiger partial charge in [0, 0.05) is 50.7 Å². The number of primary amides is 2. The summed E-state index contributed by atoms with van der Waals surface area (Å²) in [4.78, 5) is 154. The number of benzene rings is 1. The van der Waals surface area contributed by atoms with Crippen LogP contribution in [0, 0.1) is 0 Å². The van der Waals surface area contributed by atoms with Crippen molar-refractivity contribution in [2.45, 2.75) is 145 Å². The SMILES string of the molecule is C[C@@H](O)[C@H](NC(=O)[C@@H]1CCCN1C(=O)[C@@H]1CCCN1C(=O)[C@@H](NC(=O)[C@H](CO)NC(=O)[C@H](Cc1ccc(O)cc1)NC(=O)[C@H](Cc1cnc[nH]1)NC(=O)[C@H](CCC(N)=O)NC(=O)[C@@H](N)CCC(N)=O)[C@@H](C)O)C(=O)O. The number of rotatable bonds is 28. The molecule has 2 aromatic rings. The number of carboxylic acids is 1. The zero-order valence-corrected chi connectivity index (χ0v) is 41.3. The molecule has 0 spiro atoms. The molecule has 3 heterocycles. The number of imidazole rings is 1. The smallest absolute Gasteiger partial charge is 0.328 e. The molecule has 11 atom stereocenters. The molecule has 1 aromatic carbocycles. The molecule has 1 aromatic heterocycles. The van der Waals surface area contributed by atoms with Crippen LogP contribution in [0.4, 0.5) is 0 Å². The minimum absolute atomic E-state index is 0.0159. The molecule has 2 saturated heterocycles. The summed E-state index contributed by atoms with van der Waals surface area (Å²) in [6.07, 6.45) is -1.37. The number of aliphatic hydroxyl groups is 3. The van der Waals surface area contributed by atoms with Crippen molar-refractivity contribution in [2.75, 3.05) is 19.7 Å². The number of nitrogens with zero attached hydrogens (tertiary/aromatic N) is 3. The number of nitrogens with two attached hydrogens (primary N) is 3. The van der Waals surface area contributed by atoms with E-state index in [0.717, 1.165) is 4.90 Å². The number of amides is 10. The molecule has 2 fully saturated rings. The van der Waals surface area contributed by atoms with Gasteiger partial charge in [-0.1, -0.05) is 12.1 Å². The third-order valence-electron chi connectivity index (χ3n) is 12.5. The highest BCUT2D eigenvalue weighted by molar-refractivity contribution is 5.99. The number of carboxylic acid groups (broad SMARTS) is 1. The van der Waals surface area contributed by atoms with Crippen molar-refractivity contribution in [3.63, 3.8) is 0 Å². The molecule has 0 saturated carbocycles. The number of phenols is 1. The van der Waals surface area contributed by atoms with E-state index >= 15 is 0 Å². The van der Waals surface area contributed by atoms with Crippen molar-refractivity contribution in [3.8, 4) is 5.75 Å². The van der Waals surface area contributed by atoms with E-state index in [1.165, 1.54) is 55.5 Å². The molecule has 10 amide bonds. The zero-order chi connectivity index (χ0) is 55.7. The maximum absolute atomic E-state index is 14.3. The summed E-state index contributed by atoms with van der Waals surface area (Å²) in [6.45, 7) is 1.32. The van der Waals surface area contributed by atoms with Gasteiger partial charge in [0.1, 0.15) is 48.0 Å². The minimum Gasteiger partial charge on any atom is -0.508 e. The van der Waals surface area contributed by atoms with Crippen LogP contribution in [0.2, 0.25) is 0 Å². The fourth-order valence-corrected chi connectivity index (χ4v) is 8.42. The van der Waals surface area contributed by atoms with Gasteiger partial charge in [-0.3, -0.25) is 47.9 Å². The Bertz CT molecular complexity index is 2370. The van der Waals surface area contributed by atoms with Crippen molar-refractivity contribution in [1.29, 1.82) is 0 Å². The van der Waals surface area contributed by atoms with Gasteiger partial charge in [0.2, 0.25) is 59.1 Å². The topological polar surface area (TPSA) is 474 Å². The molecule has 4 rings (SSSR count). The molecular formula is C46H67N13O16. The van der Waals surface area contributed by atoms with Gasteiger partial charge in [-0.2, -0.15) is 0 Å². The molecule has 0 aliphatic carbocycles. The summed E-state index contributed by atoms with van der Waals surface area (Å²) in [6, 6.07) is -8.16. The van der Waals surface area contributed by atoms with Crippen LogP contribution >= 0.6 is 0 Å². The fraction of sp³-hybridized carbons (Fsp3) is 0.565. The quantitative estimate of drug-likeness (QED) is 0.0377. The molecule has 29 nitrogen and oxygen atoms in total. The second-order valence-corrected chi connectivity index (χ2v) is 18.4. The summed E-state index contributed by atoms with van der Waals surface area (Å²) < 4.78 is 0. The predicted molar refractivity (Wildman–Crippen MR) is 258 cm³/mol. The van der Waals surface area contributed by atoms with Crippen LogP contribution in [-0.2, 0) is 65.6 Å². The number of carbonyl (C=O) groups is 11. The fourth-order valence-electron chi connectivity index (χ4n) is 8.42. The van der Waals surface area contributed by atoms with E-state index in [4.69, 9.17) is 17.2 Å². The number of likely N-dealkylation sites (tertiary alicyclic amines) is 2. The number of aliphatic carboxylic acids is 1. The number of phenolic OH excluding ortho intramolecular Hbond substituents is 1. The van der Waals surface area contributed by atoms with E-state index in [9.17, 15) is 78.3 Å². The van der Waals surface area contributed by atoms with Crippen molar-refractivity contribution in [1.82, 2.24) is 51.7 Å². The maximum Gasteiger partial charge on any atom is 0.328 e.